The van der Waals surface area contributed by atoms with Crippen LogP contribution in [0.1, 0.15) is 10.4 Å². The average Bonchev–Trinajstić information content (AvgIpc) is 2.25. The van der Waals surface area contributed by atoms with Crippen LogP contribution in [0.5, 0.6) is 0 Å². The summed E-state index contributed by atoms with van der Waals surface area (Å²) in [5, 5.41) is 19.5. The molecule has 0 aliphatic rings. The second-order valence-corrected chi connectivity index (χ2v) is 3.17. The molecule has 5 N–H and O–H groups in total. The van der Waals surface area contributed by atoms with E-state index in [0.717, 1.165) is 0 Å². The summed E-state index contributed by atoms with van der Waals surface area (Å²) in [5.41, 5.74) is 6.13. The Balaban J connectivity index is 2.75. The van der Waals surface area contributed by atoms with Gasteiger partial charge >= 0.3 is 5.97 Å². The molecule has 0 aliphatic heterocycles. The van der Waals surface area contributed by atoms with Gasteiger partial charge in [0.15, 0.2) is 6.04 Å². The van der Waals surface area contributed by atoms with Crippen molar-refractivity contribution in [2.45, 2.75) is 6.04 Å². The SMILES string of the molecule is Nc1cccc(C(=O)NC(CO)C(=O)O)c1. The van der Waals surface area contributed by atoms with Crippen LogP contribution in [0.15, 0.2) is 24.3 Å². The summed E-state index contributed by atoms with van der Waals surface area (Å²) < 4.78 is 0. The van der Waals surface area contributed by atoms with Crippen LogP contribution in [0, 0.1) is 0 Å². The molecular formula is C10H12N2O4. The number of benzene rings is 1. The van der Waals surface area contributed by atoms with E-state index in [9.17, 15) is 9.59 Å². The lowest BCUT2D eigenvalue weighted by Gasteiger charge is -2.11. The number of amides is 1. The number of hydrogen-bond acceptors (Lipinski definition) is 4. The molecule has 0 radical (unpaired) electrons. The van der Waals surface area contributed by atoms with Crippen LogP contribution >= 0.6 is 0 Å². The molecule has 1 rings (SSSR count). The Morgan fingerprint density at radius 2 is 2.12 bits per heavy atom. The van der Waals surface area contributed by atoms with E-state index >= 15 is 0 Å². The van der Waals surface area contributed by atoms with Crippen LogP contribution in [-0.2, 0) is 4.79 Å². The minimum absolute atomic E-state index is 0.250. The molecule has 1 amide bonds. The number of carbonyl (C=O) groups is 2. The molecule has 1 aromatic rings. The first-order valence-corrected chi connectivity index (χ1v) is 4.54. The minimum Gasteiger partial charge on any atom is -0.480 e. The zero-order chi connectivity index (χ0) is 12.1. The summed E-state index contributed by atoms with van der Waals surface area (Å²) in [5.74, 6) is -1.88. The summed E-state index contributed by atoms with van der Waals surface area (Å²) in [4.78, 5) is 22.1. The molecule has 0 saturated heterocycles. The highest BCUT2D eigenvalue weighted by atomic mass is 16.4. The van der Waals surface area contributed by atoms with Crippen LogP contribution in [0.3, 0.4) is 0 Å². The van der Waals surface area contributed by atoms with Crippen molar-refractivity contribution in [3.63, 3.8) is 0 Å². The quantitative estimate of drug-likeness (QED) is 0.512. The summed E-state index contributed by atoms with van der Waals surface area (Å²) >= 11 is 0. The Bertz CT molecular complexity index is 406. The Morgan fingerprint density at radius 3 is 2.62 bits per heavy atom. The number of nitrogen functional groups attached to an aromatic ring is 1. The summed E-state index contributed by atoms with van der Waals surface area (Å²) in [6.45, 7) is -0.663. The fourth-order valence-corrected chi connectivity index (χ4v) is 1.11. The predicted molar refractivity (Wildman–Crippen MR) is 56.8 cm³/mol. The van der Waals surface area contributed by atoms with E-state index in [1.54, 1.807) is 12.1 Å². The van der Waals surface area contributed by atoms with Crippen molar-refractivity contribution in [1.82, 2.24) is 5.32 Å². The van der Waals surface area contributed by atoms with Gasteiger partial charge in [0.2, 0.25) is 0 Å². The van der Waals surface area contributed by atoms with Crippen molar-refractivity contribution in [1.29, 1.82) is 0 Å². The number of aliphatic hydroxyl groups is 1. The third-order valence-electron chi connectivity index (χ3n) is 1.93. The van der Waals surface area contributed by atoms with Gasteiger partial charge in [-0.1, -0.05) is 6.07 Å². The maximum atomic E-state index is 11.5. The van der Waals surface area contributed by atoms with Gasteiger partial charge in [0.25, 0.3) is 5.91 Å². The summed E-state index contributed by atoms with van der Waals surface area (Å²) in [6, 6.07) is 4.80. The normalized spacial score (nSPS) is 11.8. The van der Waals surface area contributed by atoms with E-state index in [2.05, 4.69) is 5.32 Å². The highest BCUT2D eigenvalue weighted by Gasteiger charge is 2.19. The van der Waals surface area contributed by atoms with Crippen molar-refractivity contribution in [3.8, 4) is 0 Å². The molecule has 0 heterocycles. The lowest BCUT2D eigenvalue weighted by Crippen LogP contribution is -2.43. The smallest absolute Gasteiger partial charge is 0.328 e. The number of rotatable bonds is 4. The van der Waals surface area contributed by atoms with E-state index in [4.69, 9.17) is 15.9 Å². The highest BCUT2D eigenvalue weighted by molar-refractivity contribution is 5.97. The Labute approximate surface area is 91.7 Å². The van der Waals surface area contributed by atoms with Gasteiger partial charge < -0.3 is 21.3 Å². The predicted octanol–water partition coefficient (Wildman–Crippen LogP) is -0.556. The number of carboxylic acid groups (broad SMARTS) is 1. The van der Waals surface area contributed by atoms with Crippen LogP contribution < -0.4 is 11.1 Å². The third-order valence-corrected chi connectivity index (χ3v) is 1.93. The van der Waals surface area contributed by atoms with Crippen molar-refractivity contribution < 1.29 is 19.8 Å². The fraction of sp³-hybridized carbons (Fsp3) is 0.200. The topological polar surface area (TPSA) is 113 Å². The monoisotopic (exact) mass is 224 g/mol. The largest absolute Gasteiger partial charge is 0.480 e. The zero-order valence-corrected chi connectivity index (χ0v) is 8.38. The van der Waals surface area contributed by atoms with E-state index in [0.29, 0.717) is 5.69 Å². The molecule has 1 aromatic carbocycles. The lowest BCUT2D eigenvalue weighted by atomic mass is 10.2. The van der Waals surface area contributed by atoms with Crippen molar-refractivity contribution in [2.75, 3.05) is 12.3 Å². The number of aliphatic carboxylic acids is 1. The second-order valence-electron chi connectivity index (χ2n) is 3.17. The number of hydrogen-bond donors (Lipinski definition) is 4. The number of nitrogens with one attached hydrogen (secondary N) is 1. The van der Waals surface area contributed by atoms with Gasteiger partial charge in [0.1, 0.15) is 0 Å². The molecule has 0 fully saturated rings. The van der Waals surface area contributed by atoms with Crippen molar-refractivity contribution >= 4 is 17.6 Å². The van der Waals surface area contributed by atoms with Crippen LogP contribution in [0.4, 0.5) is 5.69 Å². The highest BCUT2D eigenvalue weighted by Crippen LogP contribution is 2.06. The van der Waals surface area contributed by atoms with Crippen molar-refractivity contribution in [3.05, 3.63) is 29.8 Å². The van der Waals surface area contributed by atoms with Gasteiger partial charge in [-0.3, -0.25) is 4.79 Å². The maximum Gasteiger partial charge on any atom is 0.328 e. The lowest BCUT2D eigenvalue weighted by molar-refractivity contribution is -0.140. The third kappa shape index (κ3) is 2.96. The Hall–Kier alpha value is -2.08. The van der Waals surface area contributed by atoms with Crippen LogP contribution in [0.2, 0.25) is 0 Å². The summed E-state index contributed by atoms with van der Waals surface area (Å²) in [6.07, 6.45) is 0. The molecule has 16 heavy (non-hydrogen) atoms. The summed E-state index contributed by atoms with van der Waals surface area (Å²) in [7, 11) is 0. The number of nitrogens with two attached hydrogens (primary N) is 1. The average molecular weight is 224 g/mol. The fourth-order valence-electron chi connectivity index (χ4n) is 1.11. The minimum atomic E-state index is -1.31. The second kappa shape index (κ2) is 5.13. The Kier molecular flexibility index (Phi) is 3.84. The van der Waals surface area contributed by atoms with E-state index in [1.807, 2.05) is 0 Å². The number of anilines is 1. The van der Waals surface area contributed by atoms with Gasteiger partial charge in [0.05, 0.1) is 6.61 Å². The van der Waals surface area contributed by atoms with Crippen LogP contribution in [0.25, 0.3) is 0 Å². The maximum absolute atomic E-state index is 11.5. The molecule has 0 bridgehead atoms. The van der Waals surface area contributed by atoms with Crippen LogP contribution in [-0.4, -0.2) is 34.7 Å². The molecule has 0 spiro atoms. The number of carboxylic acids is 1. The van der Waals surface area contributed by atoms with Crippen molar-refractivity contribution in [2.24, 2.45) is 0 Å². The molecule has 1 unspecified atom stereocenters. The van der Waals surface area contributed by atoms with Gasteiger partial charge in [-0.05, 0) is 18.2 Å². The van der Waals surface area contributed by atoms with Gasteiger partial charge in [-0.25, -0.2) is 4.79 Å². The Morgan fingerprint density at radius 1 is 1.44 bits per heavy atom. The number of carbonyl (C=O) groups excluding carboxylic acids is 1. The van der Waals surface area contributed by atoms with Gasteiger partial charge in [-0.15, -0.1) is 0 Å². The molecule has 0 saturated carbocycles. The first-order valence-electron chi connectivity index (χ1n) is 4.54. The first kappa shape index (κ1) is 12.0. The molecule has 0 aromatic heterocycles. The molecule has 6 nitrogen and oxygen atoms in total. The molecule has 86 valence electrons. The van der Waals surface area contributed by atoms with E-state index in [-0.39, 0.29) is 5.56 Å². The molecule has 0 aliphatic carbocycles. The van der Waals surface area contributed by atoms with Gasteiger partial charge in [-0.2, -0.15) is 0 Å². The van der Waals surface area contributed by atoms with Gasteiger partial charge in [0, 0.05) is 11.3 Å². The molecule has 1 atom stereocenters. The zero-order valence-electron chi connectivity index (χ0n) is 8.38. The molecular weight excluding hydrogens is 212 g/mol. The van der Waals surface area contributed by atoms with E-state index in [1.165, 1.54) is 12.1 Å². The molecule has 6 heteroatoms. The first-order chi connectivity index (χ1) is 7.54. The standard InChI is InChI=1S/C10H12N2O4/c11-7-3-1-2-6(4-7)9(14)12-8(5-13)10(15)16/h1-4,8,13H,5,11H2,(H,12,14)(H,15,16). The number of aliphatic hydroxyl groups excluding tert-OH is 1. The van der Waals surface area contributed by atoms with E-state index < -0.39 is 24.5 Å².